The van der Waals surface area contributed by atoms with Crippen molar-refractivity contribution in [1.82, 2.24) is 15.5 Å². The van der Waals surface area contributed by atoms with Gasteiger partial charge in [0.1, 0.15) is 0 Å². The first kappa shape index (κ1) is 13.5. The minimum atomic E-state index is 0.00858. The molecule has 1 heterocycles. The Morgan fingerprint density at radius 3 is 2.50 bits per heavy atom. The van der Waals surface area contributed by atoms with E-state index < -0.39 is 0 Å². The molecule has 2 N–H and O–H groups in total. The van der Waals surface area contributed by atoms with Crippen molar-refractivity contribution < 1.29 is 4.79 Å². The summed E-state index contributed by atoms with van der Waals surface area (Å²) in [7, 11) is 0. The highest BCUT2D eigenvalue weighted by Gasteiger charge is 2.21. The molecule has 0 aromatic rings. The smallest absolute Gasteiger partial charge is 0.237 e. The first-order chi connectivity index (χ1) is 7.61. The molecule has 4 heteroatoms. The molecule has 1 atom stereocenters. The molecule has 1 amide bonds. The molecular weight excluding hydrogens is 202 g/mol. The predicted molar refractivity (Wildman–Crippen MR) is 66.4 cm³/mol. The maximum Gasteiger partial charge on any atom is 0.237 e. The van der Waals surface area contributed by atoms with E-state index in [1.165, 1.54) is 0 Å². The lowest BCUT2D eigenvalue weighted by molar-refractivity contribution is -0.126. The van der Waals surface area contributed by atoms with Crippen LogP contribution < -0.4 is 10.6 Å². The molecule has 94 valence electrons. The van der Waals surface area contributed by atoms with E-state index in [1.807, 2.05) is 6.92 Å². The number of nitrogens with one attached hydrogen (secondary N) is 2. The molecule has 1 fully saturated rings. The van der Waals surface area contributed by atoms with E-state index in [1.54, 1.807) is 0 Å². The normalized spacial score (nSPS) is 19.8. The minimum Gasteiger partial charge on any atom is -0.355 e. The molecule has 0 bridgehead atoms. The van der Waals surface area contributed by atoms with E-state index >= 15 is 0 Å². The van der Waals surface area contributed by atoms with E-state index in [0.29, 0.717) is 5.92 Å². The van der Waals surface area contributed by atoms with Crippen molar-refractivity contribution >= 4 is 5.91 Å². The number of hydrogen-bond donors (Lipinski definition) is 2. The van der Waals surface area contributed by atoms with Crippen molar-refractivity contribution in [2.45, 2.75) is 33.2 Å². The molecule has 0 aromatic heterocycles. The van der Waals surface area contributed by atoms with Gasteiger partial charge in [-0.1, -0.05) is 13.8 Å². The largest absolute Gasteiger partial charge is 0.355 e. The summed E-state index contributed by atoms with van der Waals surface area (Å²) in [5.74, 6) is 0.817. The standard InChI is InChI=1S/C12H25N3O/c1-10(2)4-5-14-12(16)11(3)15-8-6-13-7-9-15/h10-11,13H,4-9H2,1-3H3,(H,14,16). The summed E-state index contributed by atoms with van der Waals surface area (Å²) in [4.78, 5) is 14.1. The molecule has 16 heavy (non-hydrogen) atoms. The van der Waals surface area contributed by atoms with Gasteiger partial charge in [-0.05, 0) is 19.3 Å². The van der Waals surface area contributed by atoms with Crippen LogP contribution in [-0.4, -0.2) is 49.6 Å². The predicted octanol–water partition coefficient (Wildman–Crippen LogP) is 0.442. The third-order valence-electron chi connectivity index (χ3n) is 3.10. The first-order valence-corrected chi connectivity index (χ1v) is 6.33. The summed E-state index contributed by atoms with van der Waals surface area (Å²) in [5, 5.41) is 6.30. The van der Waals surface area contributed by atoms with E-state index in [4.69, 9.17) is 0 Å². The Hall–Kier alpha value is -0.610. The van der Waals surface area contributed by atoms with Crippen molar-refractivity contribution in [3.05, 3.63) is 0 Å². The fourth-order valence-corrected chi connectivity index (χ4v) is 1.87. The second-order valence-electron chi connectivity index (χ2n) is 4.94. The molecule has 0 spiro atoms. The van der Waals surface area contributed by atoms with Gasteiger partial charge in [0.2, 0.25) is 5.91 Å². The van der Waals surface area contributed by atoms with E-state index in [2.05, 4.69) is 29.4 Å². The van der Waals surface area contributed by atoms with Crippen LogP contribution >= 0.6 is 0 Å². The average Bonchev–Trinajstić information content (AvgIpc) is 2.28. The van der Waals surface area contributed by atoms with Gasteiger partial charge < -0.3 is 10.6 Å². The van der Waals surface area contributed by atoms with Gasteiger partial charge in [0, 0.05) is 32.7 Å². The Morgan fingerprint density at radius 1 is 1.31 bits per heavy atom. The third-order valence-corrected chi connectivity index (χ3v) is 3.10. The molecule has 1 unspecified atom stereocenters. The first-order valence-electron chi connectivity index (χ1n) is 6.33. The number of carbonyl (C=O) groups excluding carboxylic acids is 1. The number of nitrogens with zero attached hydrogens (tertiary/aromatic N) is 1. The van der Waals surface area contributed by atoms with Crippen LogP contribution in [0.2, 0.25) is 0 Å². The fourth-order valence-electron chi connectivity index (χ4n) is 1.87. The molecule has 0 aromatic carbocycles. The summed E-state index contributed by atoms with van der Waals surface area (Å²) < 4.78 is 0. The highest BCUT2D eigenvalue weighted by molar-refractivity contribution is 5.81. The van der Waals surface area contributed by atoms with Crippen LogP contribution in [0.25, 0.3) is 0 Å². The minimum absolute atomic E-state index is 0.00858. The zero-order valence-corrected chi connectivity index (χ0v) is 10.8. The highest BCUT2D eigenvalue weighted by Crippen LogP contribution is 2.02. The van der Waals surface area contributed by atoms with Crippen molar-refractivity contribution in [2.75, 3.05) is 32.7 Å². The number of carbonyl (C=O) groups is 1. The zero-order chi connectivity index (χ0) is 12.0. The van der Waals surface area contributed by atoms with Gasteiger partial charge in [0.05, 0.1) is 6.04 Å². The van der Waals surface area contributed by atoms with Crippen LogP contribution in [0, 0.1) is 5.92 Å². The Bertz CT molecular complexity index is 212. The molecule has 0 saturated carbocycles. The average molecular weight is 227 g/mol. The van der Waals surface area contributed by atoms with Crippen LogP contribution in [0.3, 0.4) is 0 Å². The Kier molecular flexibility index (Phi) is 5.77. The summed E-state index contributed by atoms with van der Waals surface area (Å²) in [6.07, 6.45) is 1.06. The fraction of sp³-hybridized carbons (Fsp3) is 0.917. The van der Waals surface area contributed by atoms with E-state index in [0.717, 1.165) is 39.1 Å². The monoisotopic (exact) mass is 227 g/mol. The Morgan fingerprint density at radius 2 is 1.94 bits per heavy atom. The SMILES string of the molecule is CC(C)CCNC(=O)C(C)N1CCNCC1. The van der Waals surface area contributed by atoms with Crippen LogP contribution in [-0.2, 0) is 4.79 Å². The van der Waals surface area contributed by atoms with Crippen LogP contribution in [0.5, 0.6) is 0 Å². The number of hydrogen-bond acceptors (Lipinski definition) is 3. The molecule has 0 radical (unpaired) electrons. The summed E-state index contributed by atoms with van der Waals surface area (Å²) in [6.45, 7) is 11.1. The van der Waals surface area contributed by atoms with Gasteiger partial charge in [-0.15, -0.1) is 0 Å². The second-order valence-corrected chi connectivity index (χ2v) is 4.94. The molecule has 4 nitrogen and oxygen atoms in total. The van der Waals surface area contributed by atoms with Crippen molar-refractivity contribution in [3.8, 4) is 0 Å². The lowest BCUT2D eigenvalue weighted by atomic mass is 10.1. The van der Waals surface area contributed by atoms with Gasteiger partial charge in [-0.3, -0.25) is 9.69 Å². The van der Waals surface area contributed by atoms with E-state index in [-0.39, 0.29) is 11.9 Å². The molecule has 0 aliphatic carbocycles. The third kappa shape index (κ3) is 4.49. The van der Waals surface area contributed by atoms with Crippen molar-refractivity contribution in [3.63, 3.8) is 0 Å². The molecule has 1 rings (SSSR count). The zero-order valence-electron chi connectivity index (χ0n) is 10.8. The van der Waals surface area contributed by atoms with Gasteiger partial charge in [0.25, 0.3) is 0 Å². The lowest BCUT2D eigenvalue weighted by Crippen LogP contribution is -2.52. The van der Waals surface area contributed by atoms with E-state index in [9.17, 15) is 4.79 Å². The van der Waals surface area contributed by atoms with Gasteiger partial charge >= 0.3 is 0 Å². The van der Waals surface area contributed by atoms with Gasteiger partial charge in [0.15, 0.2) is 0 Å². The van der Waals surface area contributed by atoms with Crippen molar-refractivity contribution in [1.29, 1.82) is 0 Å². The van der Waals surface area contributed by atoms with Crippen molar-refractivity contribution in [2.24, 2.45) is 5.92 Å². The second kappa shape index (κ2) is 6.86. The lowest BCUT2D eigenvalue weighted by Gasteiger charge is -2.31. The summed E-state index contributed by atoms with van der Waals surface area (Å²) >= 11 is 0. The topological polar surface area (TPSA) is 44.4 Å². The van der Waals surface area contributed by atoms with Gasteiger partial charge in [-0.2, -0.15) is 0 Å². The molecule has 1 saturated heterocycles. The molecule has 1 aliphatic heterocycles. The maximum atomic E-state index is 11.9. The summed E-state index contributed by atoms with van der Waals surface area (Å²) in [5.41, 5.74) is 0. The maximum absolute atomic E-state index is 11.9. The van der Waals surface area contributed by atoms with Crippen LogP contribution in [0.1, 0.15) is 27.2 Å². The number of piperazine rings is 1. The highest BCUT2D eigenvalue weighted by atomic mass is 16.2. The van der Waals surface area contributed by atoms with Crippen LogP contribution in [0.15, 0.2) is 0 Å². The number of rotatable bonds is 5. The van der Waals surface area contributed by atoms with Crippen LogP contribution in [0.4, 0.5) is 0 Å². The summed E-state index contributed by atoms with van der Waals surface area (Å²) in [6, 6.07) is 0.00858. The molecule has 1 aliphatic rings. The molecular formula is C12H25N3O. The Balaban J connectivity index is 2.23. The quantitative estimate of drug-likeness (QED) is 0.716. The van der Waals surface area contributed by atoms with Gasteiger partial charge in [-0.25, -0.2) is 0 Å². The Labute approximate surface area is 98.8 Å². The number of amides is 1.